The van der Waals surface area contributed by atoms with Gasteiger partial charge in [0, 0.05) is 9.99 Å². The maximum Gasteiger partial charge on any atom is 0.306 e. The van der Waals surface area contributed by atoms with Gasteiger partial charge in [0.25, 0.3) is 0 Å². The number of carbonyl (C=O) groups is 2. The van der Waals surface area contributed by atoms with Gasteiger partial charge in [0.15, 0.2) is 0 Å². The molecule has 1 aromatic carbocycles. The molecule has 0 aliphatic carbocycles. The molecule has 0 aliphatic heterocycles. The highest BCUT2D eigenvalue weighted by molar-refractivity contribution is 14.1. The number of benzene rings is 1. The maximum atomic E-state index is 11.7. The number of hydrogen-bond acceptors (Lipinski definition) is 3. The molecule has 152 valence electrons. The summed E-state index contributed by atoms with van der Waals surface area (Å²) in [5, 5.41) is 18.2. The number of methoxy groups -OCH3 is 1. The molecule has 5 nitrogen and oxygen atoms in total. The topological polar surface area (TPSA) is 83.8 Å². The van der Waals surface area contributed by atoms with Crippen LogP contribution in [0.4, 0.5) is 0 Å². The third-order valence-electron chi connectivity index (χ3n) is 4.42. The van der Waals surface area contributed by atoms with Crippen LogP contribution < -0.4 is 4.74 Å². The van der Waals surface area contributed by atoms with E-state index in [1.54, 1.807) is 7.11 Å². The van der Waals surface area contributed by atoms with Crippen LogP contribution in [0.1, 0.15) is 56.9 Å². The van der Waals surface area contributed by atoms with Crippen molar-refractivity contribution in [3.05, 3.63) is 22.3 Å². The smallest absolute Gasteiger partial charge is 0.306 e. The van der Waals surface area contributed by atoms with Crippen molar-refractivity contribution in [3.8, 4) is 5.75 Å². The van der Waals surface area contributed by atoms with E-state index < -0.39 is 17.9 Å². The Hall–Kier alpha value is 0.150. The number of carboxylic acid groups (broad SMARTS) is 2. The summed E-state index contributed by atoms with van der Waals surface area (Å²) in [6, 6.07) is 2.04. The van der Waals surface area contributed by atoms with Crippen LogP contribution in [-0.2, 0) is 16.0 Å². The van der Waals surface area contributed by atoms with Crippen molar-refractivity contribution in [2.24, 2.45) is 5.92 Å². The number of ether oxygens (including phenoxy) is 1. The SMILES string of the molecule is COc1c(I)cc(I)c(CC(CCCCCCCCC(=O)O)C(=O)O)c1I. The van der Waals surface area contributed by atoms with E-state index >= 15 is 0 Å². The number of aliphatic carboxylic acids is 2. The van der Waals surface area contributed by atoms with Gasteiger partial charge < -0.3 is 14.9 Å². The van der Waals surface area contributed by atoms with Crippen LogP contribution in [0.25, 0.3) is 0 Å². The van der Waals surface area contributed by atoms with Crippen LogP contribution in [0.3, 0.4) is 0 Å². The Morgan fingerprint density at radius 2 is 1.59 bits per heavy atom. The zero-order valence-corrected chi connectivity index (χ0v) is 21.7. The maximum absolute atomic E-state index is 11.7. The summed E-state index contributed by atoms with van der Waals surface area (Å²) in [7, 11) is 1.64. The van der Waals surface area contributed by atoms with E-state index in [4.69, 9.17) is 9.84 Å². The van der Waals surface area contributed by atoms with Crippen LogP contribution in [0, 0.1) is 16.6 Å². The van der Waals surface area contributed by atoms with Crippen LogP contribution in [0.2, 0.25) is 0 Å². The molecule has 1 atom stereocenters. The van der Waals surface area contributed by atoms with Gasteiger partial charge in [-0.2, -0.15) is 0 Å². The second kappa shape index (κ2) is 13.4. The zero-order chi connectivity index (χ0) is 20.4. The minimum Gasteiger partial charge on any atom is -0.495 e. The standard InChI is InChI=1S/C19H25I3O5/c1-27-18-15(21)11-14(20)13(17(18)22)10-12(19(25)26)8-6-4-2-3-5-7-9-16(23)24/h11-12H,2-10H2,1H3,(H,23,24)(H,25,26). The Kier molecular flexibility index (Phi) is 12.5. The van der Waals surface area contributed by atoms with Gasteiger partial charge in [-0.3, -0.25) is 9.59 Å². The first-order chi connectivity index (χ1) is 12.8. The highest BCUT2D eigenvalue weighted by atomic mass is 127. The number of unbranched alkanes of at least 4 members (excludes halogenated alkanes) is 5. The molecular formula is C19H25I3O5. The summed E-state index contributed by atoms with van der Waals surface area (Å²) in [6.45, 7) is 0. The van der Waals surface area contributed by atoms with Crippen molar-refractivity contribution in [1.29, 1.82) is 0 Å². The van der Waals surface area contributed by atoms with Crippen molar-refractivity contribution in [2.45, 2.75) is 57.8 Å². The molecule has 0 radical (unpaired) electrons. The van der Waals surface area contributed by atoms with Crippen molar-refractivity contribution in [1.82, 2.24) is 0 Å². The number of hydrogen-bond donors (Lipinski definition) is 2. The van der Waals surface area contributed by atoms with E-state index in [0.29, 0.717) is 12.8 Å². The van der Waals surface area contributed by atoms with Crippen molar-refractivity contribution >= 4 is 79.7 Å². The first-order valence-corrected chi connectivity index (χ1v) is 12.2. The summed E-state index contributed by atoms with van der Waals surface area (Å²) >= 11 is 6.75. The second-order valence-electron chi connectivity index (χ2n) is 6.46. The average molecular weight is 714 g/mol. The monoisotopic (exact) mass is 714 g/mol. The minimum atomic E-state index is -0.749. The van der Waals surface area contributed by atoms with Gasteiger partial charge in [-0.1, -0.05) is 32.1 Å². The molecule has 0 saturated heterocycles. The molecule has 0 aliphatic rings. The summed E-state index contributed by atoms with van der Waals surface area (Å²) in [6.07, 6.45) is 6.95. The summed E-state index contributed by atoms with van der Waals surface area (Å²) in [5.74, 6) is -1.07. The van der Waals surface area contributed by atoms with Crippen LogP contribution >= 0.6 is 67.8 Å². The lowest BCUT2D eigenvalue weighted by atomic mass is 9.93. The molecule has 1 rings (SSSR count). The Labute approximate surface area is 201 Å². The molecular weight excluding hydrogens is 689 g/mol. The normalized spacial score (nSPS) is 12.0. The Bertz CT molecular complexity index is 649. The van der Waals surface area contributed by atoms with Gasteiger partial charge in [0.2, 0.25) is 0 Å². The van der Waals surface area contributed by atoms with Gasteiger partial charge in [-0.05, 0) is 98.7 Å². The molecule has 2 N–H and O–H groups in total. The molecule has 1 unspecified atom stereocenters. The predicted molar refractivity (Wildman–Crippen MR) is 131 cm³/mol. The first-order valence-electron chi connectivity index (χ1n) is 8.92. The molecule has 27 heavy (non-hydrogen) atoms. The lowest BCUT2D eigenvalue weighted by Gasteiger charge is -2.17. The summed E-state index contributed by atoms with van der Waals surface area (Å²) in [5.41, 5.74) is 1.05. The predicted octanol–water partition coefficient (Wildman–Crippen LogP) is 5.96. The first kappa shape index (κ1) is 25.2. The third kappa shape index (κ3) is 9.01. The number of rotatable bonds is 13. The highest BCUT2D eigenvalue weighted by Crippen LogP contribution is 2.35. The Balaban J connectivity index is 2.54. The van der Waals surface area contributed by atoms with Crippen LogP contribution in [0.5, 0.6) is 5.75 Å². The van der Waals surface area contributed by atoms with Crippen LogP contribution in [0.15, 0.2) is 6.07 Å². The lowest BCUT2D eigenvalue weighted by Crippen LogP contribution is -2.18. The Morgan fingerprint density at radius 3 is 2.15 bits per heavy atom. The lowest BCUT2D eigenvalue weighted by molar-refractivity contribution is -0.142. The molecule has 0 spiro atoms. The van der Waals surface area contributed by atoms with Crippen LogP contribution in [-0.4, -0.2) is 29.3 Å². The fourth-order valence-electron chi connectivity index (χ4n) is 2.92. The Morgan fingerprint density at radius 1 is 1.00 bits per heavy atom. The molecule has 0 amide bonds. The quantitative estimate of drug-likeness (QED) is 0.195. The molecule has 0 bridgehead atoms. The average Bonchev–Trinajstić information content (AvgIpc) is 2.58. The van der Waals surface area contributed by atoms with E-state index in [1.165, 1.54) is 0 Å². The van der Waals surface area contributed by atoms with Crippen molar-refractivity contribution in [2.75, 3.05) is 7.11 Å². The number of carboxylic acids is 2. The second-order valence-corrected chi connectivity index (χ2v) is 9.86. The van der Waals surface area contributed by atoms with E-state index in [-0.39, 0.29) is 6.42 Å². The van der Waals surface area contributed by atoms with Crippen molar-refractivity contribution in [3.63, 3.8) is 0 Å². The largest absolute Gasteiger partial charge is 0.495 e. The van der Waals surface area contributed by atoms with Crippen molar-refractivity contribution < 1.29 is 24.5 Å². The number of halogens is 3. The van der Waals surface area contributed by atoms with Gasteiger partial charge in [0.1, 0.15) is 5.75 Å². The fraction of sp³-hybridized carbons (Fsp3) is 0.579. The summed E-state index contributed by atoms with van der Waals surface area (Å²) in [4.78, 5) is 22.2. The van der Waals surface area contributed by atoms with Gasteiger partial charge in [0.05, 0.1) is 20.2 Å². The molecule has 0 heterocycles. The van der Waals surface area contributed by atoms with E-state index in [9.17, 15) is 14.7 Å². The van der Waals surface area contributed by atoms with E-state index in [1.807, 2.05) is 6.07 Å². The minimum absolute atomic E-state index is 0.234. The molecule has 1 aromatic rings. The van der Waals surface area contributed by atoms with Gasteiger partial charge in [-0.15, -0.1) is 0 Å². The molecule has 0 saturated carbocycles. The molecule has 0 fully saturated rings. The zero-order valence-electron chi connectivity index (χ0n) is 15.3. The third-order valence-corrected chi connectivity index (χ3v) is 7.32. The fourth-order valence-corrected chi connectivity index (χ4v) is 7.17. The van der Waals surface area contributed by atoms with Gasteiger partial charge in [-0.25, -0.2) is 0 Å². The van der Waals surface area contributed by atoms with E-state index in [0.717, 1.165) is 60.5 Å². The highest BCUT2D eigenvalue weighted by Gasteiger charge is 2.23. The molecule has 8 heteroatoms. The van der Waals surface area contributed by atoms with E-state index in [2.05, 4.69) is 67.8 Å². The molecule has 0 aromatic heterocycles. The van der Waals surface area contributed by atoms with Gasteiger partial charge >= 0.3 is 11.9 Å². The summed E-state index contributed by atoms with van der Waals surface area (Å²) < 4.78 is 8.57.